The monoisotopic (exact) mass is 278 g/mol. The predicted molar refractivity (Wildman–Crippen MR) is 83.9 cm³/mol. The molecule has 0 unspecified atom stereocenters. The van der Waals surface area contributed by atoms with Crippen molar-refractivity contribution in [1.82, 2.24) is 0 Å². The highest BCUT2D eigenvalue weighted by molar-refractivity contribution is 5.92. The van der Waals surface area contributed by atoms with Crippen LogP contribution in [0, 0.1) is 18.3 Å². The zero-order valence-corrected chi connectivity index (χ0v) is 12.1. The highest BCUT2D eigenvalue weighted by atomic mass is 16.1. The Kier molecular flexibility index (Phi) is 5.11. The average Bonchev–Trinajstić information content (AvgIpc) is 2.48. The molecule has 0 aliphatic rings. The molecule has 3 nitrogen and oxygen atoms in total. The number of aryl methyl sites for hydroxylation is 3. The van der Waals surface area contributed by atoms with Crippen LogP contribution in [0.3, 0.4) is 0 Å². The number of nitrogens with zero attached hydrogens (tertiary/aromatic N) is 1. The van der Waals surface area contributed by atoms with Gasteiger partial charge in [0.2, 0.25) is 5.91 Å². The molecule has 0 fully saturated rings. The molecule has 0 saturated heterocycles. The van der Waals surface area contributed by atoms with E-state index in [0.717, 1.165) is 24.1 Å². The van der Waals surface area contributed by atoms with E-state index in [1.807, 2.05) is 37.3 Å². The lowest BCUT2D eigenvalue weighted by atomic mass is 10.00. The van der Waals surface area contributed by atoms with Crippen molar-refractivity contribution in [2.75, 3.05) is 5.32 Å². The van der Waals surface area contributed by atoms with E-state index < -0.39 is 0 Å². The number of rotatable bonds is 5. The van der Waals surface area contributed by atoms with Crippen LogP contribution < -0.4 is 5.32 Å². The number of nitriles is 1. The summed E-state index contributed by atoms with van der Waals surface area (Å²) in [6, 6.07) is 18.1. The van der Waals surface area contributed by atoms with Gasteiger partial charge >= 0.3 is 0 Å². The Morgan fingerprint density at radius 3 is 2.57 bits per heavy atom. The van der Waals surface area contributed by atoms with Gasteiger partial charge in [-0.3, -0.25) is 4.79 Å². The molecule has 2 aromatic rings. The number of hydrogen-bond acceptors (Lipinski definition) is 2. The lowest BCUT2D eigenvalue weighted by molar-refractivity contribution is -0.115. The highest BCUT2D eigenvalue weighted by Gasteiger charge is 2.04. The Balaban J connectivity index is 1.99. The van der Waals surface area contributed by atoms with E-state index in [2.05, 4.69) is 29.6 Å². The van der Waals surface area contributed by atoms with Gasteiger partial charge in [0.1, 0.15) is 6.42 Å². The van der Waals surface area contributed by atoms with E-state index in [4.69, 9.17) is 5.26 Å². The minimum atomic E-state index is -0.270. The summed E-state index contributed by atoms with van der Waals surface area (Å²) in [6.07, 6.45) is 1.86. The first kappa shape index (κ1) is 14.8. The SMILES string of the molecule is Cc1cc(NC(=O)CC#N)ccc1CCc1ccccc1. The maximum atomic E-state index is 11.4. The van der Waals surface area contributed by atoms with Gasteiger partial charge in [0.25, 0.3) is 0 Å². The summed E-state index contributed by atoms with van der Waals surface area (Å²) in [7, 11) is 0. The first-order valence-corrected chi connectivity index (χ1v) is 6.99. The lowest BCUT2D eigenvalue weighted by Gasteiger charge is -2.09. The molecule has 0 heterocycles. The molecule has 0 atom stereocenters. The number of amides is 1. The molecule has 0 spiro atoms. The van der Waals surface area contributed by atoms with Gasteiger partial charge in [-0.15, -0.1) is 0 Å². The summed E-state index contributed by atoms with van der Waals surface area (Å²) < 4.78 is 0. The molecule has 0 aliphatic carbocycles. The molecule has 0 aromatic heterocycles. The summed E-state index contributed by atoms with van der Waals surface area (Å²) in [5, 5.41) is 11.2. The molecular formula is C18H18N2O. The van der Waals surface area contributed by atoms with E-state index >= 15 is 0 Å². The third kappa shape index (κ3) is 4.47. The quantitative estimate of drug-likeness (QED) is 0.908. The van der Waals surface area contributed by atoms with Crippen molar-refractivity contribution in [3.8, 4) is 6.07 Å². The van der Waals surface area contributed by atoms with Crippen LogP contribution in [0.4, 0.5) is 5.69 Å². The van der Waals surface area contributed by atoms with Crippen molar-refractivity contribution in [3.63, 3.8) is 0 Å². The van der Waals surface area contributed by atoms with E-state index in [0.29, 0.717) is 0 Å². The molecular weight excluding hydrogens is 260 g/mol. The second kappa shape index (κ2) is 7.25. The summed E-state index contributed by atoms with van der Waals surface area (Å²) in [4.78, 5) is 11.4. The van der Waals surface area contributed by atoms with Crippen molar-refractivity contribution in [2.24, 2.45) is 0 Å². The van der Waals surface area contributed by atoms with Crippen molar-refractivity contribution in [2.45, 2.75) is 26.2 Å². The minimum absolute atomic E-state index is 0.116. The van der Waals surface area contributed by atoms with E-state index in [9.17, 15) is 4.79 Å². The topological polar surface area (TPSA) is 52.9 Å². The zero-order chi connectivity index (χ0) is 15.1. The second-order valence-electron chi connectivity index (χ2n) is 5.01. The Hall–Kier alpha value is -2.60. The summed E-state index contributed by atoms with van der Waals surface area (Å²) >= 11 is 0. The molecule has 3 heteroatoms. The number of anilines is 1. The molecule has 106 valence electrons. The molecule has 2 aromatic carbocycles. The fraction of sp³-hybridized carbons (Fsp3) is 0.222. The van der Waals surface area contributed by atoms with Gasteiger partial charge in [0.05, 0.1) is 6.07 Å². The smallest absolute Gasteiger partial charge is 0.238 e. The number of hydrogen-bond donors (Lipinski definition) is 1. The number of benzene rings is 2. The lowest BCUT2D eigenvalue weighted by Crippen LogP contribution is -2.10. The standard InChI is InChI=1S/C18H18N2O/c1-14-13-17(20-18(21)11-12-19)10-9-16(14)8-7-15-5-3-2-4-6-15/h2-6,9-10,13H,7-8,11H2,1H3,(H,20,21). The molecule has 1 N–H and O–H groups in total. The molecule has 0 saturated carbocycles. The van der Waals surface area contributed by atoms with Gasteiger partial charge in [0.15, 0.2) is 0 Å². The van der Waals surface area contributed by atoms with Gasteiger partial charge in [-0.05, 0) is 48.6 Å². The van der Waals surface area contributed by atoms with Gasteiger partial charge in [-0.2, -0.15) is 5.26 Å². The highest BCUT2D eigenvalue weighted by Crippen LogP contribution is 2.17. The van der Waals surface area contributed by atoms with Crippen LogP contribution in [-0.4, -0.2) is 5.91 Å². The predicted octanol–water partition coefficient (Wildman–Crippen LogP) is 3.63. The number of nitrogens with one attached hydrogen (secondary N) is 1. The molecule has 0 aliphatic heterocycles. The van der Waals surface area contributed by atoms with Crippen LogP contribution in [0.2, 0.25) is 0 Å². The van der Waals surface area contributed by atoms with Crippen molar-refractivity contribution in [3.05, 3.63) is 65.2 Å². The molecule has 0 bridgehead atoms. The van der Waals surface area contributed by atoms with Gasteiger partial charge in [0, 0.05) is 5.69 Å². The fourth-order valence-corrected chi connectivity index (χ4v) is 2.25. The average molecular weight is 278 g/mol. The van der Waals surface area contributed by atoms with Crippen LogP contribution in [0.15, 0.2) is 48.5 Å². The van der Waals surface area contributed by atoms with E-state index in [1.165, 1.54) is 11.1 Å². The summed E-state index contributed by atoms with van der Waals surface area (Å²) in [5.74, 6) is -0.270. The van der Waals surface area contributed by atoms with Crippen LogP contribution in [0.1, 0.15) is 23.1 Å². The summed E-state index contributed by atoms with van der Waals surface area (Å²) in [5.41, 5.74) is 4.50. The Morgan fingerprint density at radius 2 is 1.90 bits per heavy atom. The molecule has 0 radical (unpaired) electrons. The second-order valence-corrected chi connectivity index (χ2v) is 5.01. The Morgan fingerprint density at radius 1 is 1.14 bits per heavy atom. The molecule has 21 heavy (non-hydrogen) atoms. The maximum Gasteiger partial charge on any atom is 0.238 e. The van der Waals surface area contributed by atoms with Crippen LogP contribution >= 0.6 is 0 Å². The maximum absolute atomic E-state index is 11.4. The first-order valence-electron chi connectivity index (χ1n) is 6.99. The molecule has 2 rings (SSSR count). The largest absolute Gasteiger partial charge is 0.325 e. The van der Waals surface area contributed by atoms with Crippen LogP contribution in [0.5, 0.6) is 0 Å². The van der Waals surface area contributed by atoms with Crippen molar-refractivity contribution in [1.29, 1.82) is 5.26 Å². The van der Waals surface area contributed by atoms with Crippen LogP contribution in [-0.2, 0) is 17.6 Å². The first-order chi connectivity index (χ1) is 10.2. The van der Waals surface area contributed by atoms with Crippen LogP contribution in [0.25, 0.3) is 0 Å². The van der Waals surface area contributed by atoms with E-state index in [-0.39, 0.29) is 12.3 Å². The van der Waals surface area contributed by atoms with Gasteiger partial charge in [-0.1, -0.05) is 36.4 Å². The minimum Gasteiger partial charge on any atom is -0.325 e. The summed E-state index contributed by atoms with van der Waals surface area (Å²) in [6.45, 7) is 2.04. The fourth-order valence-electron chi connectivity index (χ4n) is 2.25. The van der Waals surface area contributed by atoms with Crippen molar-refractivity contribution >= 4 is 11.6 Å². The zero-order valence-electron chi connectivity index (χ0n) is 12.1. The molecule has 1 amide bonds. The van der Waals surface area contributed by atoms with Crippen molar-refractivity contribution < 1.29 is 4.79 Å². The third-order valence-corrected chi connectivity index (χ3v) is 3.39. The Labute approximate surface area is 125 Å². The Bertz CT molecular complexity index is 657. The number of carbonyl (C=O) groups excluding carboxylic acids is 1. The number of carbonyl (C=O) groups is 1. The van der Waals surface area contributed by atoms with E-state index in [1.54, 1.807) is 0 Å². The van der Waals surface area contributed by atoms with Gasteiger partial charge in [-0.25, -0.2) is 0 Å². The normalized spacial score (nSPS) is 9.90. The van der Waals surface area contributed by atoms with Gasteiger partial charge < -0.3 is 5.32 Å². The third-order valence-electron chi connectivity index (χ3n) is 3.39.